The summed E-state index contributed by atoms with van der Waals surface area (Å²) < 4.78 is 4.60. The Morgan fingerprint density at radius 1 is 1.75 bits per heavy atom. The number of imide groups is 1. The van der Waals surface area contributed by atoms with Crippen LogP contribution in [0, 0.1) is 0 Å². The van der Waals surface area contributed by atoms with Gasteiger partial charge in [-0.1, -0.05) is 13.0 Å². The van der Waals surface area contributed by atoms with Crippen molar-refractivity contribution < 1.29 is 14.3 Å². The van der Waals surface area contributed by atoms with E-state index in [2.05, 4.69) is 4.74 Å². The van der Waals surface area contributed by atoms with E-state index in [1.807, 2.05) is 6.92 Å². The maximum atomic E-state index is 11.2. The SMILES string of the molecule is CCC=CC(=O)N1CCOC1=O. The topological polar surface area (TPSA) is 46.6 Å². The molecule has 0 aromatic rings. The molecule has 0 aromatic heterocycles. The van der Waals surface area contributed by atoms with Gasteiger partial charge < -0.3 is 4.74 Å². The summed E-state index contributed by atoms with van der Waals surface area (Å²) in [5.74, 6) is -0.292. The smallest absolute Gasteiger partial charge is 0.416 e. The van der Waals surface area contributed by atoms with Crippen LogP contribution in [-0.4, -0.2) is 30.1 Å². The molecular formula is C8H11NO3. The van der Waals surface area contributed by atoms with Gasteiger partial charge in [0.25, 0.3) is 5.91 Å². The van der Waals surface area contributed by atoms with E-state index in [9.17, 15) is 9.59 Å². The molecule has 4 heteroatoms. The van der Waals surface area contributed by atoms with Crippen molar-refractivity contribution in [1.82, 2.24) is 4.90 Å². The second-order valence-corrected chi connectivity index (χ2v) is 2.41. The lowest BCUT2D eigenvalue weighted by molar-refractivity contribution is -0.122. The molecular weight excluding hydrogens is 158 g/mol. The molecule has 4 nitrogen and oxygen atoms in total. The third-order valence-electron chi connectivity index (χ3n) is 1.52. The van der Waals surface area contributed by atoms with Crippen LogP contribution in [0.5, 0.6) is 0 Å². The van der Waals surface area contributed by atoms with E-state index in [1.165, 1.54) is 6.08 Å². The molecule has 0 aliphatic carbocycles. The van der Waals surface area contributed by atoms with Crippen LogP contribution in [0.3, 0.4) is 0 Å². The fourth-order valence-corrected chi connectivity index (χ4v) is 0.902. The number of amides is 2. The van der Waals surface area contributed by atoms with Gasteiger partial charge >= 0.3 is 6.09 Å². The molecule has 0 atom stereocenters. The molecule has 0 unspecified atom stereocenters. The van der Waals surface area contributed by atoms with Gasteiger partial charge in [0.05, 0.1) is 6.54 Å². The van der Waals surface area contributed by atoms with Gasteiger partial charge in [-0.25, -0.2) is 9.69 Å². The molecule has 1 saturated heterocycles. The van der Waals surface area contributed by atoms with E-state index in [1.54, 1.807) is 6.08 Å². The predicted octanol–water partition coefficient (Wildman–Crippen LogP) is 0.931. The average molecular weight is 169 g/mol. The normalized spacial score (nSPS) is 17.1. The molecule has 0 bridgehead atoms. The highest BCUT2D eigenvalue weighted by Crippen LogP contribution is 2.03. The molecule has 0 aromatic carbocycles. The van der Waals surface area contributed by atoms with Crippen LogP contribution < -0.4 is 0 Å². The quantitative estimate of drug-likeness (QED) is 0.578. The molecule has 66 valence electrons. The third kappa shape index (κ3) is 1.84. The maximum Gasteiger partial charge on any atom is 0.416 e. The zero-order chi connectivity index (χ0) is 8.97. The number of ether oxygens (including phenoxy) is 1. The zero-order valence-corrected chi connectivity index (χ0v) is 6.95. The van der Waals surface area contributed by atoms with Gasteiger partial charge in [-0.15, -0.1) is 0 Å². The number of hydrogen-bond donors (Lipinski definition) is 0. The molecule has 0 spiro atoms. The third-order valence-corrected chi connectivity index (χ3v) is 1.52. The van der Waals surface area contributed by atoms with Crippen LogP contribution in [-0.2, 0) is 9.53 Å². The van der Waals surface area contributed by atoms with Crippen LogP contribution in [0.1, 0.15) is 13.3 Å². The highest BCUT2D eigenvalue weighted by Gasteiger charge is 2.26. The Kier molecular flexibility index (Phi) is 2.85. The average Bonchev–Trinajstić information content (AvgIpc) is 2.47. The van der Waals surface area contributed by atoms with Crippen LogP contribution in [0.25, 0.3) is 0 Å². The van der Waals surface area contributed by atoms with E-state index >= 15 is 0 Å². The van der Waals surface area contributed by atoms with Crippen molar-refractivity contribution in [3.8, 4) is 0 Å². The molecule has 0 radical (unpaired) electrons. The minimum Gasteiger partial charge on any atom is -0.447 e. The van der Waals surface area contributed by atoms with Crippen molar-refractivity contribution in [2.75, 3.05) is 13.2 Å². The molecule has 1 fully saturated rings. The summed E-state index contributed by atoms with van der Waals surface area (Å²) >= 11 is 0. The van der Waals surface area contributed by atoms with Crippen molar-refractivity contribution in [2.24, 2.45) is 0 Å². The number of carbonyl (C=O) groups is 2. The minimum absolute atomic E-state index is 0.292. The van der Waals surface area contributed by atoms with Gasteiger partial charge in [0.1, 0.15) is 6.61 Å². The maximum absolute atomic E-state index is 11.2. The lowest BCUT2D eigenvalue weighted by Crippen LogP contribution is -2.29. The molecule has 1 heterocycles. The van der Waals surface area contributed by atoms with E-state index in [0.717, 1.165) is 11.3 Å². The number of cyclic esters (lactones) is 1. The van der Waals surface area contributed by atoms with Crippen molar-refractivity contribution in [1.29, 1.82) is 0 Å². The number of carbonyl (C=O) groups excluding carboxylic acids is 2. The summed E-state index contributed by atoms with van der Waals surface area (Å²) in [5.41, 5.74) is 0. The van der Waals surface area contributed by atoms with Gasteiger partial charge in [-0.3, -0.25) is 4.79 Å². The molecule has 12 heavy (non-hydrogen) atoms. The van der Waals surface area contributed by atoms with Crippen molar-refractivity contribution in [2.45, 2.75) is 13.3 Å². The summed E-state index contributed by atoms with van der Waals surface area (Å²) in [6.45, 7) is 2.60. The van der Waals surface area contributed by atoms with Crippen LogP contribution >= 0.6 is 0 Å². The largest absolute Gasteiger partial charge is 0.447 e. The molecule has 1 aliphatic heterocycles. The summed E-state index contributed by atoms with van der Waals surface area (Å²) in [7, 11) is 0. The van der Waals surface area contributed by atoms with Gasteiger partial charge in [0, 0.05) is 0 Å². The summed E-state index contributed by atoms with van der Waals surface area (Å²) in [5, 5.41) is 0. The second kappa shape index (κ2) is 3.90. The fraction of sp³-hybridized carbons (Fsp3) is 0.500. The monoisotopic (exact) mass is 169 g/mol. The predicted molar refractivity (Wildman–Crippen MR) is 42.5 cm³/mol. The number of allylic oxidation sites excluding steroid dienone is 1. The molecule has 1 aliphatic rings. The van der Waals surface area contributed by atoms with E-state index in [4.69, 9.17) is 0 Å². The first-order chi connectivity index (χ1) is 5.75. The van der Waals surface area contributed by atoms with Crippen molar-refractivity contribution in [3.05, 3.63) is 12.2 Å². The Hall–Kier alpha value is -1.32. The zero-order valence-electron chi connectivity index (χ0n) is 6.95. The highest BCUT2D eigenvalue weighted by atomic mass is 16.6. The first-order valence-electron chi connectivity index (χ1n) is 3.90. The van der Waals surface area contributed by atoms with E-state index in [-0.39, 0.29) is 5.91 Å². The molecule has 0 saturated carbocycles. The molecule has 2 amide bonds. The van der Waals surface area contributed by atoms with Crippen LogP contribution in [0.4, 0.5) is 4.79 Å². The Morgan fingerprint density at radius 3 is 3.00 bits per heavy atom. The minimum atomic E-state index is -0.541. The summed E-state index contributed by atoms with van der Waals surface area (Å²) in [4.78, 5) is 23.1. The van der Waals surface area contributed by atoms with E-state index in [0.29, 0.717) is 13.2 Å². The van der Waals surface area contributed by atoms with Crippen LogP contribution in [0.2, 0.25) is 0 Å². The first-order valence-corrected chi connectivity index (χ1v) is 3.90. The lowest BCUT2D eigenvalue weighted by atomic mass is 10.4. The summed E-state index contributed by atoms with van der Waals surface area (Å²) in [6.07, 6.45) is 3.36. The summed E-state index contributed by atoms with van der Waals surface area (Å²) in [6, 6.07) is 0. The number of nitrogens with zero attached hydrogens (tertiary/aromatic N) is 1. The Labute approximate surface area is 70.8 Å². The number of rotatable bonds is 2. The Morgan fingerprint density at radius 2 is 2.50 bits per heavy atom. The van der Waals surface area contributed by atoms with Gasteiger partial charge in [-0.05, 0) is 12.5 Å². The van der Waals surface area contributed by atoms with Gasteiger partial charge in [-0.2, -0.15) is 0 Å². The van der Waals surface area contributed by atoms with Crippen LogP contribution in [0.15, 0.2) is 12.2 Å². The molecule has 1 rings (SSSR count). The second-order valence-electron chi connectivity index (χ2n) is 2.41. The Balaban J connectivity index is 2.52. The van der Waals surface area contributed by atoms with Gasteiger partial charge in [0.2, 0.25) is 0 Å². The Bertz CT molecular complexity index is 222. The first kappa shape index (κ1) is 8.77. The number of hydrogen-bond acceptors (Lipinski definition) is 3. The van der Waals surface area contributed by atoms with Crippen molar-refractivity contribution in [3.63, 3.8) is 0 Å². The standard InChI is InChI=1S/C8H11NO3/c1-2-3-4-7(10)9-5-6-12-8(9)11/h3-4H,2,5-6H2,1H3. The molecule has 0 N–H and O–H groups in total. The van der Waals surface area contributed by atoms with Gasteiger partial charge in [0.15, 0.2) is 0 Å². The highest BCUT2D eigenvalue weighted by molar-refractivity contribution is 5.99. The van der Waals surface area contributed by atoms with E-state index < -0.39 is 6.09 Å². The fourth-order valence-electron chi connectivity index (χ4n) is 0.902. The lowest BCUT2D eigenvalue weighted by Gasteiger charge is -2.05. The van der Waals surface area contributed by atoms with Crippen molar-refractivity contribution >= 4 is 12.0 Å².